The van der Waals surface area contributed by atoms with E-state index in [1.54, 1.807) is 6.07 Å². The highest BCUT2D eigenvalue weighted by Gasteiger charge is 2.27. The van der Waals surface area contributed by atoms with Gasteiger partial charge in [0.1, 0.15) is 5.82 Å². The number of rotatable bonds is 9. The van der Waals surface area contributed by atoms with Crippen LogP contribution in [0.3, 0.4) is 0 Å². The molecule has 2 aliphatic rings. The number of hydrogen-bond acceptors (Lipinski definition) is 6. The largest absolute Gasteiger partial charge is 0.355 e. The topological polar surface area (TPSA) is 76.9 Å². The van der Waals surface area contributed by atoms with Crippen molar-refractivity contribution < 1.29 is 0 Å². The van der Waals surface area contributed by atoms with Crippen molar-refractivity contribution in [2.75, 3.05) is 29.9 Å². The smallest absolute Gasteiger partial charge is 0.229 e. The molecule has 4 rings (SSSR count). The highest BCUT2D eigenvalue weighted by Crippen LogP contribution is 2.28. The van der Waals surface area contributed by atoms with Crippen LogP contribution in [0.15, 0.2) is 30.3 Å². The van der Waals surface area contributed by atoms with Crippen LogP contribution in [-0.2, 0) is 6.42 Å². The molecule has 0 radical (unpaired) electrons. The third-order valence-electron chi connectivity index (χ3n) is 5.70. The summed E-state index contributed by atoms with van der Waals surface area (Å²) >= 11 is 0. The van der Waals surface area contributed by atoms with Crippen LogP contribution in [0.1, 0.15) is 50.3 Å². The summed E-state index contributed by atoms with van der Waals surface area (Å²) in [5, 5.41) is 16.2. The van der Waals surface area contributed by atoms with Crippen LogP contribution in [0.4, 0.5) is 17.5 Å². The van der Waals surface area contributed by atoms with Crippen LogP contribution in [0.2, 0.25) is 0 Å². The molecule has 0 amide bonds. The van der Waals surface area contributed by atoms with Gasteiger partial charge in [0, 0.05) is 36.6 Å². The van der Waals surface area contributed by atoms with Crippen molar-refractivity contribution in [2.45, 2.75) is 51.5 Å². The predicted molar refractivity (Wildman–Crippen MR) is 116 cm³/mol. The second-order valence-corrected chi connectivity index (χ2v) is 8.25. The molecule has 1 saturated carbocycles. The molecular weight excluding hydrogens is 360 g/mol. The molecule has 2 heterocycles. The van der Waals surface area contributed by atoms with E-state index in [-0.39, 0.29) is 0 Å². The molecule has 152 valence electrons. The Morgan fingerprint density at radius 1 is 1.21 bits per heavy atom. The quantitative estimate of drug-likeness (QED) is 0.674. The number of aromatic nitrogens is 2. The lowest BCUT2D eigenvalue weighted by atomic mass is 10.2. The molecule has 6 heteroatoms. The van der Waals surface area contributed by atoms with E-state index in [0.717, 1.165) is 68.4 Å². The maximum atomic E-state index is 9.14. The van der Waals surface area contributed by atoms with Gasteiger partial charge < -0.3 is 15.5 Å². The van der Waals surface area contributed by atoms with Crippen LogP contribution in [0.5, 0.6) is 0 Å². The zero-order valence-electron chi connectivity index (χ0n) is 17.2. The van der Waals surface area contributed by atoms with E-state index < -0.39 is 0 Å². The zero-order chi connectivity index (χ0) is 20.1. The first-order chi connectivity index (χ1) is 14.2. The van der Waals surface area contributed by atoms with Crippen molar-refractivity contribution >= 4 is 17.5 Å². The Morgan fingerprint density at radius 3 is 2.90 bits per heavy atom. The number of anilines is 3. The van der Waals surface area contributed by atoms with Gasteiger partial charge in [-0.1, -0.05) is 19.4 Å². The van der Waals surface area contributed by atoms with E-state index in [9.17, 15) is 0 Å². The van der Waals surface area contributed by atoms with Gasteiger partial charge >= 0.3 is 0 Å². The van der Waals surface area contributed by atoms with Gasteiger partial charge in [-0.15, -0.1) is 0 Å². The highest BCUT2D eigenvalue weighted by molar-refractivity contribution is 5.58. The average Bonchev–Trinajstić information content (AvgIpc) is 3.46. The van der Waals surface area contributed by atoms with Crippen LogP contribution in [0.25, 0.3) is 0 Å². The molecule has 1 aromatic carbocycles. The second-order valence-electron chi connectivity index (χ2n) is 8.25. The fraction of sp³-hybridized carbons (Fsp3) is 0.522. The number of nitriles is 1. The summed E-state index contributed by atoms with van der Waals surface area (Å²) in [5.41, 5.74) is 2.54. The highest BCUT2D eigenvalue weighted by atomic mass is 15.3. The Bertz CT molecular complexity index is 870. The fourth-order valence-electron chi connectivity index (χ4n) is 3.77. The molecule has 2 aromatic rings. The summed E-state index contributed by atoms with van der Waals surface area (Å²) in [6.45, 7) is 5.38. The molecule has 0 spiro atoms. The second kappa shape index (κ2) is 9.23. The Balaban J connectivity index is 1.49. The molecule has 2 N–H and O–H groups in total. The van der Waals surface area contributed by atoms with Crippen LogP contribution in [-0.4, -0.2) is 35.6 Å². The Hall–Kier alpha value is -2.65. The van der Waals surface area contributed by atoms with Crippen molar-refractivity contribution in [2.24, 2.45) is 5.92 Å². The van der Waals surface area contributed by atoms with Gasteiger partial charge in [-0.2, -0.15) is 10.2 Å². The minimum absolute atomic E-state index is 0.549. The van der Waals surface area contributed by atoms with Gasteiger partial charge in [0.25, 0.3) is 0 Å². The summed E-state index contributed by atoms with van der Waals surface area (Å²) in [6, 6.07) is 12.3. The maximum absolute atomic E-state index is 9.14. The minimum Gasteiger partial charge on any atom is -0.355 e. The molecular formula is C23H30N6. The van der Waals surface area contributed by atoms with E-state index in [4.69, 9.17) is 15.2 Å². The van der Waals surface area contributed by atoms with Crippen LogP contribution in [0, 0.1) is 17.2 Å². The normalized spacial score (nSPS) is 18.6. The monoisotopic (exact) mass is 390 g/mol. The molecule has 0 bridgehead atoms. The van der Waals surface area contributed by atoms with Crippen molar-refractivity contribution in [3.8, 4) is 6.07 Å². The van der Waals surface area contributed by atoms with Gasteiger partial charge in [0.05, 0.1) is 11.6 Å². The molecule has 1 saturated heterocycles. The molecule has 0 unspecified atom stereocenters. The van der Waals surface area contributed by atoms with Crippen LogP contribution < -0.4 is 15.5 Å². The average molecular weight is 391 g/mol. The lowest BCUT2D eigenvalue weighted by Crippen LogP contribution is -2.34. The van der Waals surface area contributed by atoms with Crippen molar-refractivity contribution in [1.29, 1.82) is 5.26 Å². The summed E-state index contributed by atoms with van der Waals surface area (Å²) in [4.78, 5) is 11.9. The summed E-state index contributed by atoms with van der Waals surface area (Å²) in [5.74, 6) is 2.52. The van der Waals surface area contributed by atoms with Gasteiger partial charge in [-0.25, -0.2) is 4.98 Å². The minimum atomic E-state index is 0.549. The summed E-state index contributed by atoms with van der Waals surface area (Å²) < 4.78 is 0. The first-order valence-corrected chi connectivity index (χ1v) is 10.9. The number of nitrogens with one attached hydrogen (secondary N) is 2. The molecule has 6 nitrogen and oxygen atoms in total. The molecule has 1 aliphatic heterocycles. The number of unbranched alkanes of at least 4 members (excludes halogenated alkanes) is 1. The maximum Gasteiger partial charge on any atom is 0.229 e. The van der Waals surface area contributed by atoms with Gasteiger partial charge in [-0.3, -0.25) is 0 Å². The third-order valence-corrected chi connectivity index (χ3v) is 5.70. The molecule has 1 aromatic heterocycles. The zero-order valence-corrected chi connectivity index (χ0v) is 17.2. The SMILES string of the molecule is CCCCc1cc(N2CC[C@H](NCC3CC3)C2)nc(Nc2cccc(C#N)c2)n1. The Kier molecular flexibility index (Phi) is 6.26. The fourth-order valence-corrected chi connectivity index (χ4v) is 3.77. The molecule has 1 aliphatic carbocycles. The van der Waals surface area contributed by atoms with Crippen molar-refractivity contribution in [1.82, 2.24) is 15.3 Å². The lowest BCUT2D eigenvalue weighted by molar-refractivity contribution is 0.530. The molecule has 29 heavy (non-hydrogen) atoms. The van der Waals surface area contributed by atoms with E-state index >= 15 is 0 Å². The first-order valence-electron chi connectivity index (χ1n) is 10.9. The summed E-state index contributed by atoms with van der Waals surface area (Å²) in [6.07, 6.45) is 7.15. The van der Waals surface area contributed by atoms with Gasteiger partial charge in [0.2, 0.25) is 5.95 Å². The van der Waals surface area contributed by atoms with Crippen molar-refractivity contribution in [3.05, 3.63) is 41.6 Å². The first kappa shape index (κ1) is 19.7. The van der Waals surface area contributed by atoms with Gasteiger partial charge in [0.15, 0.2) is 0 Å². The number of benzene rings is 1. The van der Waals surface area contributed by atoms with Gasteiger partial charge in [-0.05, 0) is 62.8 Å². The predicted octanol–water partition coefficient (Wildman–Crippen LogP) is 4.01. The van der Waals surface area contributed by atoms with E-state index in [2.05, 4.69) is 34.6 Å². The van der Waals surface area contributed by atoms with E-state index in [1.165, 1.54) is 12.8 Å². The molecule has 1 atom stereocenters. The molecule has 2 fully saturated rings. The number of hydrogen-bond donors (Lipinski definition) is 2. The van der Waals surface area contributed by atoms with E-state index in [1.807, 2.05) is 18.2 Å². The standard InChI is InChI=1S/C23H30N6/c1-2-3-6-20-13-22(29-11-10-21(16-29)25-15-17-8-9-17)28-23(27-20)26-19-7-4-5-18(12-19)14-24/h4-5,7,12-13,17,21,25H,2-3,6,8-11,15-16H2,1H3,(H,26,27,28)/t21-/m0/s1. The van der Waals surface area contributed by atoms with E-state index in [0.29, 0.717) is 17.6 Å². The Morgan fingerprint density at radius 2 is 2.10 bits per heavy atom. The summed E-state index contributed by atoms with van der Waals surface area (Å²) in [7, 11) is 0. The third kappa shape index (κ3) is 5.45. The lowest BCUT2D eigenvalue weighted by Gasteiger charge is -2.20. The number of nitrogens with zero attached hydrogens (tertiary/aromatic N) is 4. The Labute approximate surface area is 173 Å². The van der Waals surface area contributed by atoms with Crippen molar-refractivity contribution in [3.63, 3.8) is 0 Å². The van der Waals surface area contributed by atoms with Crippen LogP contribution >= 0.6 is 0 Å². The number of aryl methyl sites for hydroxylation is 1.